The Labute approximate surface area is 127 Å². The summed E-state index contributed by atoms with van der Waals surface area (Å²) in [6.45, 7) is 2.86. The third-order valence-electron chi connectivity index (χ3n) is 4.37. The van der Waals surface area contributed by atoms with Crippen molar-refractivity contribution >= 4 is 0 Å². The number of rotatable bonds is 6. The minimum Gasteiger partial charge on any atom is -0.393 e. The molecule has 21 heavy (non-hydrogen) atoms. The molecule has 1 saturated carbocycles. The second-order valence-corrected chi connectivity index (χ2v) is 6.05. The summed E-state index contributed by atoms with van der Waals surface area (Å²) in [4.78, 5) is 2.46. The summed E-state index contributed by atoms with van der Waals surface area (Å²) >= 11 is 0. The Morgan fingerprint density at radius 2 is 1.33 bits per heavy atom. The topological polar surface area (TPSA) is 23.5 Å². The van der Waals surface area contributed by atoms with Gasteiger partial charge in [-0.2, -0.15) is 0 Å². The Hall–Kier alpha value is -1.64. The highest BCUT2D eigenvalue weighted by Gasteiger charge is 2.30. The van der Waals surface area contributed by atoms with Gasteiger partial charge in [-0.05, 0) is 29.9 Å². The van der Waals surface area contributed by atoms with Gasteiger partial charge < -0.3 is 5.11 Å². The van der Waals surface area contributed by atoms with Crippen molar-refractivity contribution in [2.75, 3.05) is 6.54 Å². The van der Waals surface area contributed by atoms with Gasteiger partial charge in [-0.1, -0.05) is 60.7 Å². The lowest BCUT2D eigenvalue weighted by Gasteiger charge is -2.37. The smallest absolute Gasteiger partial charge is 0.0580 e. The monoisotopic (exact) mass is 281 g/mol. The SMILES string of the molecule is O[C@H]1CC[C@@H]1CN(Cc1ccccc1)Cc1ccccc1. The van der Waals surface area contributed by atoms with Gasteiger partial charge in [-0.15, -0.1) is 0 Å². The highest BCUT2D eigenvalue weighted by Crippen LogP contribution is 2.29. The molecule has 0 amide bonds. The molecule has 2 heteroatoms. The molecule has 0 unspecified atom stereocenters. The van der Waals surface area contributed by atoms with Crippen molar-refractivity contribution in [1.82, 2.24) is 4.90 Å². The summed E-state index contributed by atoms with van der Waals surface area (Å²) in [6, 6.07) is 21.2. The standard InChI is InChI=1S/C19H23NO/c21-19-12-11-18(19)15-20(13-16-7-3-1-4-8-16)14-17-9-5-2-6-10-17/h1-10,18-19,21H,11-15H2/t18-,19+/m1/s1. The summed E-state index contributed by atoms with van der Waals surface area (Å²) in [5, 5.41) is 9.86. The summed E-state index contributed by atoms with van der Waals surface area (Å²) in [5.41, 5.74) is 2.67. The third-order valence-corrected chi connectivity index (χ3v) is 4.37. The molecule has 1 fully saturated rings. The normalized spacial score (nSPS) is 21.2. The van der Waals surface area contributed by atoms with Crippen LogP contribution in [0, 0.1) is 5.92 Å². The van der Waals surface area contributed by atoms with E-state index in [2.05, 4.69) is 65.6 Å². The fourth-order valence-corrected chi connectivity index (χ4v) is 2.96. The van der Waals surface area contributed by atoms with Crippen LogP contribution in [0.25, 0.3) is 0 Å². The van der Waals surface area contributed by atoms with Crippen LogP contribution in [0.3, 0.4) is 0 Å². The van der Waals surface area contributed by atoms with Gasteiger partial charge in [-0.25, -0.2) is 0 Å². The van der Waals surface area contributed by atoms with E-state index >= 15 is 0 Å². The predicted molar refractivity (Wildman–Crippen MR) is 85.7 cm³/mol. The van der Waals surface area contributed by atoms with Crippen LogP contribution in [0.15, 0.2) is 60.7 Å². The van der Waals surface area contributed by atoms with Gasteiger partial charge in [0, 0.05) is 19.6 Å². The highest BCUT2D eigenvalue weighted by atomic mass is 16.3. The number of nitrogens with zero attached hydrogens (tertiary/aromatic N) is 1. The molecule has 1 N–H and O–H groups in total. The van der Waals surface area contributed by atoms with E-state index in [9.17, 15) is 5.11 Å². The summed E-state index contributed by atoms with van der Waals surface area (Å²) < 4.78 is 0. The maximum Gasteiger partial charge on any atom is 0.0580 e. The fourth-order valence-electron chi connectivity index (χ4n) is 2.96. The minimum absolute atomic E-state index is 0.0981. The van der Waals surface area contributed by atoms with Crippen LogP contribution in [0.2, 0.25) is 0 Å². The second kappa shape index (κ2) is 6.88. The van der Waals surface area contributed by atoms with Crippen LogP contribution in [-0.4, -0.2) is 22.7 Å². The molecule has 0 heterocycles. The summed E-state index contributed by atoms with van der Waals surface area (Å²) in [6.07, 6.45) is 2.02. The van der Waals surface area contributed by atoms with E-state index in [0.29, 0.717) is 5.92 Å². The Bertz CT molecular complexity index is 499. The zero-order chi connectivity index (χ0) is 14.5. The molecule has 0 radical (unpaired) electrons. The van der Waals surface area contributed by atoms with E-state index in [1.807, 2.05) is 0 Å². The number of aliphatic hydroxyl groups is 1. The fraction of sp³-hybridized carbons (Fsp3) is 0.368. The van der Waals surface area contributed by atoms with E-state index in [1.54, 1.807) is 0 Å². The van der Waals surface area contributed by atoms with Crippen molar-refractivity contribution in [1.29, 1.82) is 0 Å². The van der Waals surface area contributed by atoms with E-state index < -0.39 is 0 Å². The van der Waals surface area contributed by atoms with Crippen molar-refractivity contribution in [2.24, 2.45) is 5.92 Å². The first-order valence-corrected chi connectivity index (χ1v) is 7.79. The third kappa shape index (κ3) is 3.93. The molecule has 2 aromatic carbocycles. The highest BCUT2D eigenvalue weighted by molar-refractivity contribution is 5.17. The van der Waals surface area contributed by atoms with Gasteiger partial charge in [0.05, 0.1) is 6.10 Å². The van der Waals surface area contributed by atoms with Gasteiger partial charge in [0.15, 0.2) is 0 Å². The van der Waals surface area contributed by atoms with Gasteiger partial charge in [0.1, 0.15) is 0 Å². The quantitative estimate of drug-likeness (QED) is 0.876. The van der Waals surface area contributed by atoms with E-state index in [4.69, 9.17) is 0 Å². The average molecular weight is 281 g/mol. The molecular weight excluding hydrogens is 258 g/mol. The van der Waals surface area contributed by atoms with Crippen LogP contribution in [0.5, 0.6) is 0 Å². The molecule has 1 aliphatic rings. The van der Waals surface area contributed by atoms with Crippen LogP contribution < -0.4 is 0 Å². The maximum atomic E-state index is 9.86. The first-order valence-electron chi connectivity index (χ1n) is 7.79. The Kier molecular flexibility index (Phi) is 4.69. The van der Waals surface area contributed by atoms with E-state index in [1.165, 1.54) is 11.1 Å². The number of hydrogen-bond donors (Lipinski definition) is 1. The summed E-state index contributed by atoms with van der Waals surface area (Å²) in [7, 11) is 0. The molecule has 110 valence electrons. The Balaban J connectivity index is 1.68. The maximum absolute atomic E-state index is 9.86. The zero-order valence-electron chi connectivity index (χ0n) is 12.4. The largest absolute Gasteiger partial charge is 0.393 e. The number of hydrogen-bond acceptors (Lipinski definition) is 2. The summed E-state index contributed by atoms with van der Waals surface area (Å²) in [5.74, 6) is 0.442. The molecule has 2 atom stereocenters. The molecule has 0 saturated heterocycles. The average Bonchev–Trinajstić information content (AvgIpc) is 2.53. The van der Waals surface area contributed by atoms with Crippen LogP contribution in [0.4, 0.5) is 0 Å². The first-order chi connectivity index (χ1) is 10.3. The predicted octanol–water partition coefficient (Wildman–Crippen LogP) is 3.46. The molecule has 2 nitrogen and oxygen atoms in total. The number of benzene rings is 2. The molecule has 0 aliphatic heterocycles. The minimum atomic E-state index is -0.0981. The van der Waals surface area contributed by atoms with Crippen LogP contribution >= 0.6 is 0 Å². The van der Waals surface area contributed by atoms with E-state index in [0.717, 1.165) is 32.5 Å². The molecule has 0 aromatic heterocycles. The van der Waals surface area contributed by atoms with Crippen molar-refractivity contribution in [2.45, 2.75) is 32.0 Å². The lowest BCUT2D eigenvalue weighted by atomic mass is 9.81. The van der Waals surface area contributed by atoms with Crippen molar-refractivity contribution in [3.8, 4) is 0 Å². The second-order valence-electron chi connectivity index (χ2n) is 6.05. The van der Waals surface area contributed by atoms with Crippen molar-refractivity contribution < 1.29 is 5.11 Å². The van der Waals surface area contributed by atoms with Crippen LogP contribution in [0.1, 0.15) is 24.0 Å². The lowest BCUT2D eigenvalue weighted by Crippen LogP contribution is -2.40. The lowest BCUT2D eigenvalue weighted by molar-refractivity contribution is 0.000438. The molecule has 2 aromatic rings. The van der Waals surface area contributed by atoms with Gasteiger partial charge in [0.25, 0.3) is 0 Å². The molecule has 3 rings (SSSR count). The molecule has 0 spiro atoms. The van der Waals surface area contributed by atoms with Gasteiger partial charge in [-0.3, -0.25) is 4.90 Å². The number of aliphatic hydroxyl groups excluding tert-OH is 1. The van der Waals surface area contributed by atoms with Crippen molar-refractivity contribution in [3.63, 3.8) is 0 Å². The Morgan fingerprint density at radius 1 is 0.810 bits per heavy atom. The van der Waals surface area contributed by atoms with Crippen LogP contribution in [-0.2, 0) is 13.1 Å². The molecule has 1 aliphatic carbocycles. The Morgan fingerprint density at radius 3 is 1.71 bits per heavy atom. The van der Waals surface area contributed by atoms with E-state index in [-0.39, 0.29) is 6.10 Å². The van der Waals surface area contributed by atoms with Gasteiger partial charge in [0.2, 0.25) is 0 Å². The van der Waals surface area contributed by atoms with Crippen molar-refractivity contribution in [3.05, 3.63) is 71.8 Å². The zero-order valence-corrected chi connectivity index (χ0v) is 12.4. The first kappa shape index (κ1) is 14.3. The van der Waals surface area contributed by atoms with Gasteiger partial charge >= 0.3 is 0 Å². The molecular formula is C19H23NO. The molecule has 0 bridgehead atoms.